The summed E-state index contributed by atoms with van der Waals surface area (Å²) in [4.78, 5) is 29.0. The number of urea groups is 1. The van der Waals surface area contributed by atoms with Gasteiger partial charge in [-0.1, -0.05) is 24.3 Å². The Kier molecular flexibility index (Phi) is 9.53. The zero-order valence-corrected chi connectivity index (χ0v) is 25.5. The molecule has 1 atom stereocenters. The summed E-state index contributed by atoms with van der Waals surface area (Å²) in [5.41, 5.74) is 0.268. The van der Waals surface area contributed by atoms with Crippen LogP contribution in [-0.2, 0) is 10.0 Å². The molecule has 0 radical (unpaired) electrons. The molecule has 1 aromatic heterocycles. The van der Waals surface area contributed by atoms with E-state index in [0.29, 0.717) is 28.8 Å². The highest BCUT2D eigenvalue weighted by Crippen LogP contribution is 2.40. The smallest absolute Gasteiger partial charge is 0.404 e. The van der Waals surface area contributed by atoms with Gasteiger partial charge in [0.15, 0.2) is 0 Å². The van der Waals surface area contributed by atoms with Crippen LogP contribution in [0.25, 0.3) is 10.4 Å². The van der Waals surface area contributed by atoms with Crippen molar-refractivity contribution >= 4 is 39.2 Å². The van der Waals surface area contributed by atoms with Gasteiger partial charge in [0, 0.05) is 40.5 Å². The molecule has 1 aliphatic carbocycles. The standard InChI is InChI=1S/C29H36FN5O5S2/c1-17(21-7-5-6-8-23(21)30)32-27(36)33-20-13-14-22(25(15-20)42(39,40)35-29(2,3)4)24-16-31-26(41-24)18-9-11-19(12-10-18)34-28(37)38/h5-8,13-19,34-35H,9-12H2,1-4H3,(H,37,38)(H2,32,33,36)/t17-,18?,19?/m1/s1. The zero-order chi connectivity index (χ0) is 30.7. The molecule has 0 aliphatic heterocycles. The van der Waals surface area contributed by atoms with Crippen molar-refractivity contribution in [2.75, 3.05) is 5.32 Å². The zero-order valence-electron chi connectivity index (χ0n) is 23.9. The number of thiazole rings is 1. The first-order chi connectivity index (χ1) is 19.7. The minimum atomic E-state index is -4.02. The Bertz CT molecular complexity index is 1550. The van der Waals surface area contributed by atoms with E-state index in [1.807, 2.05) is 0 Å². The molecule has 2 aromatic carbocycles. The van der Waals surface area contributed by atoms with Crippen molar-refractivity contribution in [3.8, 4) is 10.4 Å². The normalized spacial score (nSPS) is 18.2. The third-order valence-corrected chi connectivity index (χ3v) is 9.87. The monoisotopic (exact) mass is 617 g/mol. The number of anilines is 1. The van der Waals surface area contributed by atoms with Crippen LogP contribution in [-0.4, -0.2) is 42.2 Å². The molecule has 0 saturated heterocycles. The molecule has 1 heterocycles. The Morgan fingerprint density at radius 1 is 1.10 bits per heavy atom. The second-order valence-corrected chi connectivity index (χ2v) is 14.2. The summed E-state index contributed by atoms with van der Waals surface area (Å²) in [6.07, 6.45) is 3.60. The number of rotatable bonds is 8. The number of halogens is 1. The van der Waals surface area contributed by atoms with Crippen molar-refractivity contribution in [2.45, 2.75) is 81.8 Å². The SMILES string of the molecule is C[C@@H](NC(=O)Nc1ccc(-c2cnc(C3CCC(NC(=O)O)CC3)s2)c(S(=O)(=O)NC(C)(C)C)c1)c1ccccc1F. The van der Waals surface area contributed by atoms with Gasteiger partial charge in [-0.25, -0.2) is 32.1 Å². The highest BCUT2D eigenvalue weighted by molar-refractivity contribution is 7.89. The highest BCUT2D eigenvalue weighted by atomic mass is 32.2. The summed E-state index contributed by atoms with van der Waals surface area (Å²) in [5, 5.41) is 17.7. The Labute approximate surface area is 249 Å². The molecule has 1 fully saturated rings. The average molecular weight is 618 g/mol. The predicted octanol–water partition coefficient (Wildman–Crippen LogP) is 6.20. The number of carboxylic acid groups (broad SMARTS) is 1. The van der Waals surface area contributed by atoms with E-state index in [9.17, 15) is 22.4 Å². The van der Waals surface area contributed by atoms with Gasteiger partial charge in [0.2, 0.25) is 10.0 Å². The van der Waals surface area contributed by atoms with Crippen LogP contribution >= 0.6 is 11.3 Å². The Morgan fingerprint density at radius 2 is 1.79 bits per heavy atom. The molecule has 5 N–H and O–H groups in total. The number of sulfonamides is 1. The molecule has 0 bridgehead atoms. The molecule has 1 saturated carbocycles. The van der Waals surface area contributed by atoms with Gasteiger partial charge in [0.1, 0.15) is 5.82 Å². The number of aromatic nitrogens is 1. The van der Waals surface area contributed by atoms with Crippen molar-refractivity contribution in [1.82, 2.24) is 20.3 Å². The average Bonchev–Trinajstić information content (AvgIpc) is 3.38. The molecule has 226 valence electrons. The lowest BCUT2D eigenvalue weighted by atomic mass is 9.86. The predicted molar refractivity (Wildman–Crippen MR) is 161 cm³/mol. The number of hydrogen-bond donors (Lipinski definition) is 5. The molecule has 0 spiro atoms. The van der Waals surface area contributed by atoms with Gasteiger partial charge in [-0.05, 0) is 71.6 Å². The fraction of sp³-hybridized carbons (Fsp3) is 0.414. The van der Waals surface area contributed by atoms with Crippen molar-refractivity contribution in [3.63, 3.8) is 0 Å². The lowest BCUT2D eigenvalue weighted by molar-refractivity contribution is 0.185. The molecule has 4 rings (SSSR count). The van der Waals surface area contributed by atoms with E-state index in [2.05, 4.69) is 25.7 Å². The molecule has 13 heteroatoms. The van der Waals surface area contributed by atoms with Gasteiger partial charge in [0.05, 0.1) is 20.8 Å². The van der Waals surface area contributed by atoms with E-state index in [1.54, 1.807) is 64.2 Å². The minimum Gasteiger partial charge on any atom is -0.465 e. The third kappa shape index (κ3) is 8.05. The maximum Gasteiger partial charge on any atom is 0.404 e. The fourth-order valence-electron chi connectivity index (χ4n) is 5.01. The summed E-state index contributed by atoms with van der Waals surface area (Å²) in [5.74, 6) is -0.283. The number of carbonyl (C=O) groups is 2. The molecule has 10 nitrogen and oxygen atoms in total. The van der Waals surface area contributed by atoms with Gasteiger partial charge in [-0.15, -0.1) is 11.3 Å². The Hall–Kier alpha value is -3.55. The molecular weight excluding hydrogens is 581 g/mol. The first-order valence-electron chi connectivity index (χ1n) is 13.7. The second-order valence-electron chi connectivity index (χ2n) is 11.5. The van der Waals surface area contributed by atoms with E-state index in [-0.39, 0.29) is 22.5 Å². The van der Waals surface area contributed by atoms with Crippen molar-refractivity contribution < 1.29 is 27.5 Å². The third-order valence-electron chi connectivity index (χ3n) is 6.88. The number of nitrogens with zero attached hydrogens (tertiary/aromatic N) is 1. The van der Waals surface area contributed by atoms with Gasteiger partial charge >= 0.3 is 12.1 Å². The summed E-state index contributed by atoms with van der Waals surface area (Å²) >= 11 is 1.41. The molecule has 3 amide bonds. The van der Waals surface area contributed by atoms with Crippen LogP contribution in [0.15, 0.2) is 53.6 Å². The van der Waals surface area contributed by atoms with Gasteiger partial charge < -0.3 is 21.1 Å². The lowest BCUT2D eigenvalue weighted by Gasteiger charge is -2.27. The van der Waals surface area contributed by atoms with E-state index < -0.39 is 39.5 Å². The van der Waals surface area contributed by atoms with Crippen molar-refractivity contribution in [3.05, 3.63) is 65.0 Å². The van der Waals surface area contributed by atoms with Gasteiger partial charge in [-0.3, -0.25) is 0 Å². The topological polar surface area (TPSA) is 150 Å². The number of carbonyl (C=O) groups excluding carboxylic acids is 1. The molecule has 0 unspecified atom stereocenters. The second kappa shape index (κ2) is 12.8. The summed E-state index contributed by atoms with van der Waals surface area (Å²) in [6, 6.07) is 9.48. The Balaban J connectivity index is 1.57. The van der Waals surface area contributed by atoms with Crippen LogP contribution in [0.4, 0.5) is 19.7 Å². The van der Waals surface area contributed by atoms with Gasteiger partial charge in [0.25, 0.3) is 0 Å². The lowest BCUT2D eigenvalue weighted by Crippen LogP contribution is -2.40. The maximum absolute atomic E-state index is 14.2. The van der Waals surface area contributed by atoms with E-state index in [0.717, 1.165) is 17.8 Å². The molecule has 1 aliphatic rings. The van der Waals surface area contributed by atoms with Crippen LogP contribution in [0, 0.1) is 5.82 Å². The van der Waals surface area contributed by atoms with Crippen LogP contribution < -0.4 is 20.7 Å². The molecular formula is C29H36FN5O5S2. The number of amides is 3. The van der Waals surface area contributed by atoms with Crippen LogP contribution in [0.1, 0.15) is 75.9 Å². The summed E-state index contributed by atoms with van der Waals surface area (Å²) in [7, 11) is -4.02. The van der Waals surface area contributed by atoms with Crippen LogP contribution in [0.5, 0.6) is 0 Å². The van der Waals surface area contributed by atoms with Crippen molar-refractivity contribution in [2.24, 2.45) is 0 Å². The number of nitrogens with one attached hydrogen (secondary N) is 4. The highest BCUT2D eigenvalue weighted by Gasteiger charge is 2.29. The first-order valence-corrected chi connectivity index (χ1v) is 16.0. The summed E-state index contributed by atoms with van der Waals surface area (Å²) < 4.78 is 44.0. The van der Waals surface area contributed by atoms with Gasteiger partial charge in [-0.2, -0.15) is 0 Å². The number of hydrogen-bond acceptors (Lipinski definition) is 6. The quantitative estimate of drug-likeness (QED) is 0.203. The fourth-order valence-corrected chi connectivity index (χ4v) is 7.87. The van der Waals surface area contributed by atoms with E-state index in [1.165, 1.54) is 23.5 Å². The molecule has 3 aromatic rings. The van der Waals surface area contributed by atoms with E-state index in [4.69, 9.17) is 5.11 Å². The maximum atomic E-state index is 14.2. The van der Waals surface area contributed by atoms with Crippen LogP contribution in [0.2, 0.25) is 0 Å². The summed E-state index contributed by atoms with van der Waals surface area (Å²) in [6.45, 7) is 6.87. The van der Waals surface area contributed by atoms with Crippen LogP contribution in [0.3, 0.4) is 0 Å². The van der Waals surface area contributed by atoms with Crippen molar-refractivity contribution in [1.29, 1.82) is 0 Å². The largest absolute Gasteiger partial charge is 0.465 e. The minimum absolute atomic E-state index is 0.0121. The molecule has 42 heavy (non-hydrogen) atoms. The number of benzene rings is 2. The van der Waals surface area contributed by atoms with E-state index >= 15 is 0 Å². The first kappa shape index (κ1) is 31.4. The Morgan fingerprint density at radius 3 is 2.43 bits per heavy atom.